The van der Waals surface area contributed by atoms with Crippen LogP contribution in [-0.4, -0.2) is 29.3 Å². The van der Waals surface area contributed by atoms with E-state index in [1.807, 2.05) is 12.3 Å². The molecule has 1 N–H and O–H groups in total. The number of methoxy groups -OCH3 is 1. The van der Waals surface area contributed by atoms with Crippen molar-refractivity contribution in [3.63, 3.8) is 0 Å². The zero-order chi connectivity index (χ0) is 14.5. The standard InChI is InChI=1S/C16H25N3O/c1-12(2)8-17-9-14-11-19(10-13(3)20-4)16-15(14)6-5-7-18-16/h5-7,11-13,17H,8-10H2,1-4H3. The number of hydrogen-bond donors (Lipinski definition) is 1. The predicted octanol–water partition coefficient (Wildman–Crippen LogP) is 2.82. The van der Waals surface area contributed by atoms with Gasteiger partial charge in [-0.25, -0.2) is 4.98 Å². The van der Waals surface area contributed by atoms with Gasteiger partial charge in [0.25, 0.3) is 0 Å². The quantitative estimate of drug-likeness (QED) is 0.844. The van der Waals surface area contributed by atoms with Crippen LogP contribution < -0.4 is 5.32 Å². The van der Waals surface area contributed by atoms with Crippen molar-refractivity contribution < 1.29 is 4.74 Å². The molecule has 20 heavy (non-hydrogen) atoms. The maximum atomic E-state index is 5.36. The van der Waals surface area contributed by atoms with Crippen molar-refractivity contribution >= 4 is 11.0 Å². The lowest BCUT2D eigenvalue weighted by atomic mass is 10.2. The Morgan fingerprint density at radius 3 is 2.85 bits per heavy atom. The third-order valence-electron chi connectivity index (χ3n) is 3.44. The van der Waals surface area contributed by atoms with Crippen LogP contribution in [0.2, 0.25) is 0 Å². The van der Waals surface area contributed by atoms with Crippen LogP contribution in [0.4, 0.5) is 0 Å². The van der Waals surface area contributed by atoms with Crippen LogP contribution >= 0.6 is 0 Å². The van der Waals surface area contributed by atoms with Crippen molar-refractivity contribution in [3.05, 3.63) is 30.1 Å². The summed E-state index contributed by atoms with van der Waals surface area (Å²) >= 11 is 0. The van der Waals surface area contributed by atoms with Crippen molar-refractivity contribution in [2.45, 2.75) is 40.0 Å². The first kappa shape index (κ1) is 15.0. The highest BCUT2D eigenvalue weighted by atomic mass is 16.5. The van der Waals surface area contributed by atoms with Crippen LogP contribution in [0, 0.1) is 5.92 Å². The molecule has 0 saturated carbocycles. The molecule has 4 heteroatoms. The first-order valence-corrected chi connectivity index (χ1v) is 7.28. The Bertz CT molecular complexity index is 548. The van der Waals surface area contributed by atoms with Gasteiger partial charge < -0.3 is 14.6 Å². The summed E-state index contributed by atoms with van der Waals surface area (Å²) in [4.78, 5) is 4.51. The van der Waals surface area contributed by atoms with Gasteiger partial charge in [0.05, 0.1) is 6.10 Å². The second-order valence-electron chi connectivity index (χ2n) is 5.75. The molecule has 2 heterocycles. The van der Waals surface area contributed by atoms with Gasteiger partial charge in [0.15, 0.2) is 0 Å². The summed E-state index contributed by atoms with van der Waals surface area (Å²) in [5.41, 5.74) is 2.34. The highest BCUT2D eigenvalue weighted by Gasteiger charge is 2.11. The molecule has 0 aromatic carbocycles. The van der Waals surface area contributed by atoms with E-state index in [2.05, 4.69) is 47.9 Å². The molecule has 2 aromatic rings. The monoisotopic (exact) mass is 275 g/mol. The Kier molecular flexibility index (Phi) is 5.15. The van der Waals surface area contributed by atoms with Gasteiger partial charge in [-0.05, 0) is 37.1 Å². The number of rotatable bonds is 7. The topological polar surface area (TPSA) is 39.1 Å². The van der Waals surface area contributed by atoms with Crippen molar-refractivity contribution in [1.82, 2.24) is 14.9 Å². The fraction of sp³-hybridized carbons (Fsp3) is 0.562. The number of fused-ring (bicyclic) bond motifs is 1. The zero-order valence-electron chi connectivity index (χ0n) is 12.9. The number of nitrogens with zero attached hydrogens (tertiary/aromatic N) is 2. The molecule has 2 rings (SSSR count). The molecule has 0 aliphatic heterocycles. The molecule has 0 aliphatic carbocycles. The molecule has 0 bridgehead atoms. The van der Waals surface area contributed by atoms with E-state index in [4.69, 9.17) is 4.74 Å². The van der Waals surface area contributed by atoms with E-state index in [0.717, 1.165) is 25.3 Å². The van der Waals surface area contributed by atoms with E-state index in [-0.39, 0.29) is 6.10 Å². The van der Waals surface area contributed by atoms with Crippen LogP contribution in [0.15, 0.2) is 24.5 Å². The average molecular weight is 275 g/mol. The summed E-state index contributed by atoms with van der Waals surface area (Å²) in [7, 11) is 1.74. The normalized spacial score (nSPS) is 13.2. The van der Waals surface area contributed by atoms with Crippen LogP contribution in [0.1, 0.15) is 26.3 Å². The van der Waals surface area contributed by atoms with Crippen molar-refractivity contribution in [2.24, 2.45) is 5.92 Å². The van der Waals surface area contributed by atoms with Gasteiger partial charge in [-0.3, -0.25) is 0 Å². The number of ether oxygens (including phenoxy) is 1. The van der Waals surface area contributed by atoms with Crippen molar-refractivity contribution in [3.8, 4) is 0 Å². The summed E-state index contributed by atoms with van der Waals surface area (Å²) in [6.45, 7) is 9.26. The molecule has 2 aromatic heterocycles. The van der Waals surface area contributed by atoms with Crippen molar-refractivity contribution in [2.75, 3.05) is 13.7 Å². The van der Waals surface area contributed by atoms with Gasteiger partial charge in [-0.15, -0.1) is 0 Å². The molecule has 0 saturated heterocycles. The van der Waals surface area contributed by atoms with Crippen molar-refractivity contribution in [1.29, 1.82) is 0 Å². The van der Waals surface area contributed by atoms with E-state index in [1.165, 1.54) is 10.9 Å². The molecule has 1 atom stereocenters. The number of hydrogen-bond acceptors (Lipinski definition) is 3. The lowest BCUT2D eigenvalue weighted by molar-refractivity contribution is 0.104. The maximum absolute atomic E-state index is 5.36. The van der Waals surface area contributed by atoms with Crippen LogP contribution in [0.5, 0.6) is 0 Å². The third-order valence-corrected chi connectivity index (χ3v) is 3.44. The maximum Gasteiger partial charge on any atom is 0.140 e. The van der Waals surface area contributed by atoms with Crippen LogP contribution in [-0.2, 0) is 17.8 Å². The van der Waals surface area contributed by atoms with E-state index < -0.39 is 0 Å². The molecule has 0 aliphatic rings. The average Bonchev–Trinajstić information content (AvgIpc) is 2.77. The highest BCUT2D eigenvalue weighted by Crippen LogP contribution is 2.20. The minimum absolute atomic E-state index is 0.184. The summed E-state index contributed by atoms with van der Waals surface area (Å²) in [6.07, 6.45) is 4.23. The van der Waals surface area contributed by atoms with E-state index in [9.17, 15) is 0 Å². The largest absolute Gasteiger partial charge is 0.380 e. The molecular weight excluding hydrogens is 250 g/mol. The summed E-state index contributed by atoms with van der Waals surface area (Å²) in [5.74, 6) is 0.662. The molecule has 110 valence electrons. The summed E-state index contributed by atoms with van der Waals surface area (Å²) < 4.78 is 7.55. The fourth-order valence-corrected chi connectivity index (χ4v) is 2.32. The highest BCUT2D eigenvalue weighted by molar-refractivity contribution is 5.80. The molecule has 0 spiro atoms. The molecule has 4 nitrogen and oxygen atoms in total. The first-order valence-electron chi connectivity index (χ1n) is 7.28. The first-order chi connectivity index (χ1) is 9.61. The Balaban J connectivity index is 2.21. The second kappa shape index (κ2) is 6.86. The number of pyridine rings is 1. The van der Waals surface area contributed by atoms with Crippen LogP contribution in [0.25, 0.3) is 11.0 Å². The minimum atomic E-state index is 0.184. The number of nitrogens with one attached hydrogen (secondary N) is 1. The Morgan fingerprint density at radius 2 is 2.15 bits per heavy atom. The van der Waals surface area contributed by atoms with Gasteiger partial charge in [0.2, 0.25) is 0 Å². The summed E-state index contributed by atoms with van der Waals surface area (Å²) in [5, 5.41) is 4.73. The second-order valence-corrected chi connectivity index (χ2v) is 5.75. The molecule has 0 amide bonds. The minimum Gasteiger partial charge on any atom is -0.380 e. The van der Waals surface area contributed by atoms with E-state index >= 15 is 0 Å². The SMILES string of the molecule is COC(C)Cn1cc(CNCC(C)C)c2cccnc21. The molecule has 0 fully saturated rings. The Labute approximate surface area is 121 Å². The number of aromatic nitrogens is 2. The smallest absolute Gasteiger partial charge is 0.140 e. The third kappa shape index (κ3) is 3.58. The van der Waals surface area contributed by atoms with Gasteiger partial charge in [0, 0.05) is 38.0 Å². The lowest BCUT2D eigenvalue weighted by Gasteiger charge is -2.10. The van der Waals surface area contributed by atoms with Gasteiger partial charge in [0.1, 0.15) is 5.65 Å². The fourth-order valence-electron chi connectivity index (χ4n) is 2.32. The molecule has 1 unspecified atom stereocenters. The predicted molar refractivity (Wildman–Crippen MR) is 82.7 cm³/mol. The van der Waals surface area contributed by atoms with Crippen LogP contribution in [0.3, 0.4) is 0 Å². The Hall–Kier alpha value is -1.39. The van der Waals surface area contributed by atoms with Gasteiger partial charge in [-0.1, -0.05) is 13.8 Å². The van der Waals surface area contributed by atoms with E-state index in [1.54, 1.807) is 7.11 Å². The Morgan fingerprint density at radius 1 is 1.35 bits per heavy atom. The summed E-state index contributed by atoms with van der Waals surface area (Å²) in [6, 6.07) is 4.14. The molecular formula is C16H25N3O. The van der Waals surface area contributed by atoms with E-state index in [0.29, 0.717) is 5.92 Å². The zero-order valence-corrected chi connectivity index (χ0v) is 12.9. The molecule has 0 radical (unpaired) electrons. The van der Waals surface area contributed by atoms with Gasteiger partial charge in [-0.2, -0.15) is 0 Å². The lowest BCUT2D eigenvalue weighted by Crippen LogP contribution is -2.19. The van der Waals surface area contributed by atoms with Gasteiger partial charge >= 0.3 is 0 Å².